The van der Waals surface area contributed by atoms with E-state index in [1.54, 1.807) is 17.0 Å². The highest BCUT2D eigenvalue weighted by Gasteiger charge is 2.32. The van der Waals surface area contributed by atoms with Crippen LogP contribution in [0.15, 0.2) is 72.9 Å². The van der Waals surface area contributed by atoms with Gasteiger partial charge in [0.2, 0.25) is 0 Å². The molecule has 1 aliphatic rings. The second-order valence-electron chi connectivity index (χ2n) is 9.63. The summed E-state index contributed by atoms with van der Waals surface area (Å²) < 4.78 is 56.7. The topological polar surface area (TPSA) is 48.6 Å². The van der Waals surface area contributed by atoms with Crippen LogP contribution in [0.25, 0.3) is 22.0 Å². The van der Waals surface area contributed by atoms with Crippen LogP contribution < -0.4 is 4.74 Å². The van der Waals surface area contributed by atoms with E-state index in [0.717, 1.165) is 47.3 Å². The van der Waals surface area contributed by atoms with Crippen molar-refractivity contribution in [1.29, 1.82) is 0 Å². The van der Waals surface area contributed by atoms with Gasteiger partial charge in [-0.2, -0.15) is 0 Å². The van der Waals surface area contributed by atoms with Gasteiger partial charge in [0.25, 0.3) is 5.91 Å². The number of carbonyl (C=O) groups excluding carboxylic acids is 1. The zero-order chi connectivity index (χ0) is 26.9. The number of aromatic nitrogens is 1. The van der Waals surface area contributed by atoms with Crippen molar-refractivity contribution in [3.05, 3.63) is 89.9 Å². The molecule has 0 unspecified atom stereocenters. The van der Waals surface area contributed by atoms with Gasteiger partial charge in [-0.1, -0.05) is 12.1 Å². The number of amides is 1. The SMILES string of the molecule is CN1CCC(N(Cc2cc(-c3ccc4[nH]ccc4c3)ccc2F)C(=O)c2ccc(OC(F)(F)F)cc2)CC1. The van der Waals surface area contributed by atoms with Crippen LogP contribution in [-0.2, 0) is 6.54 Å². The zero-order valence-corrected chi connectivity index (χ0v) is 20.8. The number of benzene rings is 3. The van der Waals surface area contributed by atoms with Crippen molar-refractivity contribution in [2.45, 2.75) is 31.8 Å². The summed E-state index contributed by atoms with van der Waals surface area (Å²) in [7, 11) is 2.01. The number of likely N-dealkylation sites (tertiary alicyclic amines) is 1. The predicted molar refractivity (Wildman–Crippen MR) is 137 cm³/mol. The Hall–Kier alpha value is -3.85. The number of fused-ring (bicyclic) bond motifs is 1. The van der Waals surface area contributed by atoms with Gasteiger partial charge in [0.05, 0.1) is 0 Å². The largest absolute Gasteiger partial charge is 0.573 e. The van der Waals surface area contributed by atoms with Gasteiger partial charge < -0.3 is 19.5 Å². The van der Waals surface area contributed by atoms with E-state index < -0.39 is 17.9 Å². The fourth-order valence-corrected chi connectivity index (χ4v) is 4.93. The minimum atomic E-state index is -4.82. The summed E-state index contributed by atoms with van der Waals surface area (Å²) in [5.74, 6) is -1.19. The molecule has 1 N–H and O–H groups in total. The molecular weight excluding hydrogens is 498 g/mol. The maximum atomic E-state index is 15.1. The lowest BCUT2D eigenvalue weighted by atomic mass is 9.98. The Morgan fingerprint density at radius 1 is 1.00 bits per heavy atom. The van der Waals surface area contributed by atoms with E-state index in [1.165, 1.54) is 18.2 Å². The minimum absolute atomic E-state index is 0.0418. The second-order valence-corrected chi connectivity index (χ2v) is 9.63. The van der Waals surface area contributed by atoms with Crippen LogP contribution in [0.5, 0.6) is 5.75 Å². The van der Waals surface area contributed by atoms with Crippen LogP contribution in [0.2, 0.25) is 0 Å². The van der Waals surface area contributed by atoms with E-state index in [4.69, 9.17) is 0 Å². The first-order chi connectivity index (χ1) is 18.2. The molecule has 1 saturated heterocycles. The third kappa shape index (κ3) is 5.83. The van der Waals surface area contributed by atoms with E-state index in [0.29, 0.717) is 18.4 Å². The number of ether oxygens (including phenoxy) is 1. The molecule has 4 aromatic rings. The number of hydrogen-bond donors (Lipinski definition) is 1. The van der Waals surface area contributed by atoms with Crippen LogP contribution in [0.1, 0.15) is 28.8 Å². The Morgan fingerprint density at radius 3 is 2.39 bits per heavy atom. The smallest absolute Gasteiger partial charge is 0.406 e. The third-order valence-corrected chi connectivity index (χ3v) is 7.00. The molecular formula is C29H27F4N3O2. The number of nitrogens with zero attached hydrogens (tertiary/aromatic N) is 2. The van der Waals surface area contributed by atoms with Gasteiger partial charge in [-0.3, -0.25) is 4.79 Å². The Balaban J connectivity index is 1.44. The van der Waals surface area contributed by atoms with Crippen LogP contribution in [0.3, 0.4) is 0 Å². The molecule has 0 radical (unpaired) electrons. The van der Waals surface area contributed by atoms with Gasteiger partial charge in [0, 0.05) is 35.4 Å². The number of piperidine rings is 1. The first-order valence-electron chi connectivity index (χ1n) is 12.4. The highest BCUT2D eigenvalue weighted by atomic mass is 19.4. The van der Waals surface area contributed by atoms with Crippen LogP contribution >= 0.6 is 0 Å². The molecule has 0 spiro atoms. The zero-order valence-electron chi connectivity index (χ0n) is 20.8. The Morgan fingerprint density at radius 2 is 1.68 bits per heavy atom. The number of hydrogen-bond acceptors (Lipinski definition) is 3. The normalized spacial score (nSPS) is 15.1. The number of aromatic amines is 1. The van der Waals surface area contributed by atoms with Crippen LogP contribution in [0, 0.1) is 5.82 Å². The number of rotatable bonds is 6. The van der Waals surface area contributed by atoms with Gasteiger partial charge in [0.15, 0.2) is 0 Å². The summed E-state index contributed by atoms with van der Waals surface area (Å²) >= 11 is 0. The Labute approximate surface area is 217 Å². The molecule has 3 aromatic carbocycles. The summed E-state index contributed by atoms with van der Waals surface area (Å²) in [6, 6.07) is 17.5. The Kier molecular flexibility index (Phi) is 7.12. The molecule has 1 aromatic heterocycles. The van der Waals surface area contributed by atoms with Crippen LogP contribution in [-0.4, -0.2) is 53.2 Å². The van der Waals surface area contributed by atoms with E-state index in [1.807, 2.05) is 37.5 Å². The quantitative estimate of drug-likeness (QED) is 0.288. The summed E-state index contributed by atoms with van der Waals surface area (Å²) in [4.78, 5) is 20.6. The summed E-state index contributed by atoms with van der Waals surface area (Å²) in [6.07, 6.45) is -1.54. The molecule has 0 atom stereocenters. The van der Waals surface area contributed by atoms with Gasteiger partial charge in [-0.05, 0) is 104 Å². The fourth-order valence-electron chi connectivity index (χ4n) is 4.93. The summed E-state index contributed by atoms with van der Waals surface area (Å²) in [5.41, 5.74) is 3.35. The molecule has 9 heteroatoms. The molecule has 5 nitrogen and oxygen atoms in total. The standard InChI is InChI=1S/C29H27F4N3O2/c1-35-14-11-24(12-15-35)36(28(37)19-2-6-25(7-3-19)38-29(31,32)33)18-23-17-20(4-8-26(23)30)21-5-9-27-22(16-21)10-13-34-27/h2-10,13,16-17,24,34H,11-12,14-15,18H2,1H3. The lowest BCUT2D eigenvalue weighted by Crippen LogP contribution is -2.46. The molecule has 0 aliphatic carbocycles. The number of H-pyrrole nitrogens is 1. The lowest BCUT2D eigenvalue weighted by molar-refractivity contribution is -0.274. The molecule has 5 rings (SSSR count). The van der Waals surface area contributed by atoms with E-state index >= 15 is 4.39 Å². The highest BCUT2D eigenvalue weighted by Crippen LogP contribution is 2.29. The molecule has 1 fully saturated rings. The van der Waals surface area contributed by atoms with Gasteiger partial charge in [-0.15, -0.1) is 13.2 Å². The first-order valence-corrected chi connectivity index (χ1v) is 12.4. The second kappa shape index (κ2) is 10.5. The lowest BCUT2D eigenvalue weighted by Gasteiger charge is -2.37. The molecule has 38 heavy (non-hydrogen) atoms. The molecule has 198 valence electrons. The number of alkyl halides is 3. The first kappa shape index (κ1) is 25.8. The molecule has 1 amide bonds. The van der Waals surface area contributed by atoms with Gasteiger partial charge in [-0.25, -0.2) is 4.39 Å². The van der Waals surface area contributed by atoms with Crippen molar-refractivity contribution in [3.63, 3.8) is 0 Å². The van der Waals surface area contributed by atoms with E-state index in [2.05, 4.69) is 14.6 Å². The summed E-state index contributed by atoms with van der Waals surface area (Å²) in [5, 5.41) is 1.04. The van der Waals surface area contributed by atoms with Gasteiger partial charge >= 0.3 is 6.36 Å². The third-order valence-electron chi connectivity index (χ3n) is 7.00. The van der Waals surface area contributed by atoms with Crippen molar-refractivity contribution >= 4 is 16.8 Å². The molecule has 1 aliphatic heterocycles. The number of nitrogens with one attached hydrogen (secondary N) is 1. The average molecular weight is 526 g/mol. The maximum absolute atomic E-state index is 15.1. The maximum Gasteiger partial charge on any atom is 0.573 e. The van der Waals surface area contributed by atoms with Gasteiger partial charge in [0.1, 0.15) is 11.6 Å². The van der Waals surface area contributed by atoms with Crippen molar-refractivity contribution in [2.75, 3.05) is 20.1 Å². The van der Waals surface area contributed by atoms with Crippen molar-refractivity contribution < 1.29 is 27.1 Å². The van der Waals surface area contributed by atoms with Crippen molar-refractivity contribution in [1.82, 2.24) is 14.8 Å². The number of halogens is 4. The molecule has 2 heterocycles. The number of carbonyl (C=O) groups is 1. The van der Waals surface area contributed by atoms with Crippen molar-refractivity contribution in [3.8, 4) is 16.9 Å². The predicted octanol–water partition coefficient (Wildman–Crippen LogP) is 6.61. The fraction of sp³-hybridized carbons (Fsp3) is 0.276. The molecule has 0 bridgehead atoms. The highest BCUT2D eigenvalue weighted by molar-refractivity contribution is 5.94. The minimum Gasteiger partial charge on any atom is -0.406 e. The van der Waals surface area contributed by atoms with E-state index in [9.17, 15) is 18.0 Å². The Bertz CT molecular complexity index is 1420. The average Bonchev–Trinajstić information content (AvgIpc) is 3.36. The van der Waals surface area contributed by atoms with Crippen LogP contribution in [0.4, 0.5) is 17.6 Å². The van der Waals surface area contributed by atoms with E-state index in [-0.39, 0.29) is 24.1 Å². The monoisotopic (exact) mass is 525 g/mol. The van der Waals surface area contributed by atoms with Crippen molar-refractivity contribution in [2.24, 2.45) is 0 Å². The summed E-state index contributed by atoms with van der Waals surface area (Å²) in [6.45, 7) is 1.61. The molecule has 0 saturated carbocycles.